The van der Waals surface area contributed by atoms with Gasteiger partial charge >= 0.3 is 0 Å². The van der Waals surface area contributed by atoms with Gasteiger partial charge < -0.3 is 10.5 Å². The number of nitrogens with zero attached hydrogens (tertiary/aromatic N) is 1. The van der Waals surface area contributed by atoms with Crippen LogP contribution in [0.15, 0.2) is 114 Å². The maximum absolute atomic E-state index is 10.2. The fourth-order valence-corrected chi connectivity index (χ4v) is 7.50. The summed E-state index contributed by atoms with van der Waals surface area (Å²) in [6, 6.07) is 25.1. The van der Waals surface area contributed by atoms with Gasteiger partial charge in [-0.3, -0.25) is 0 Å². The summed E-state index contributed by atoms with van der Waals surface area (Å²) in [7, 11) is 3.65. The summed E-state index contributed by atoms with van der Waals surface area (Å²) in [6.07, 6.45) is 16.6. The first-order chi connectivity index (χ1) is 19.9. The molecule has 0 heterocycles. The van der Waals surface area contributed by atoms with Crippen molar-refractivity contribution in [3.8, 4) is 11.1 Å². The number of likely N-dealkylation sites (N-methyl/N-ethyl adjacent to an activating group) is 2. The molecule has 3 aromatic carbocycles. The van der Waals surface area contributed by atoms with Gasteiger partial charge in [0.05, 0.1) is 11.5 Å². The van der Waals surface area contributed by atoms with Crippen molar-refractivity contribution < 1.29 is 5.21 Å². The van der Waals surface area contributed by atoms with Crippen molar-refractivity contribution in [3.63, 3.8) is 0 Å². The Morgan fingerprint density at radius 3 is 2.39 bits per heavy atom. The Hall–Kier alpha value is -3.92. The molecular weight excluding hydrogens is 500 g/mol. The zero-order chi connectivity index (χ0) is 28.4. The maximum atomic E-state index is 10.2. The van der Waals surface area contributed by atoms with Gasteiger partial charge in [-0.1, -0.05) is 117 Å². The van der Waals surface area contributed by atoms with Crippen LogP contribution < -0.4 is 5.32 Å². The number of benzene rings is 3. The summed E-state index contributed by atoms with van der Waals surface area (Å²) in [6.45, 7) is 4.70. The predicted octanol–water partition coefficient (Wildman–Crippen LogP) is 8.18. The van der Waals surface area contributed by atoms with Gasteiger partial charge in [0.15, 0.2) is 0 Å². The maximum Gasteiger partial charge on any atom is 0.0783 e. The molecule has 41 heavy (non-hydrogen) atoms. The molecule has 0 aromatic heterocycles. The van der Waals surface area contributed by atoms with E-state index in [1.807, 2.05) is 7.05 Å². The molecule has 2 N–H and O–H groups in total. The molecule has 4 aliphatic carbocycles. The van der Waals surface area contributed by atoms with Gasteiger partial charge in [0.1, 0.15) is 0 Å². The molecule has 0 saturated heterocycles. The van der Waals surface area contributed by atoms with E-state index < -0.39 is 0 Å². The molecule has 0 amide bonds. The molecule has 3 nitrogen and oxygen atoms in total. The van der Waals surface area contributed by atoms with Gasteiger partial charge in [0, 0.05) is 30.8 Å². The van der Waals surface area contributed by atoms with E-state index in [0.29, 0.717) is 0 Å². The van der Waals surface area contributed by atoms with Crippen molar-refractivity contribution in [1.82, 2.24) is 10.4 Å². The van der Waals surface area contributed by atoms with Crippen LogP contribution in [-0.2, 0) is 10.8 Å². The van der Waals surface area contributed by atoms with Crippen molar-refractivity contribution >= 4 is 11.1 Å². The standard InChI is InChI=1S/C38H38N2O/c1-37(2)32-15-9-8-13-30(32)31-23-28(21-22-33(31)37)38(27-11-6-5-7-12-27)24-34(38)26-19-17-25(18-20-26)29-14-10-16-35(40(4)41)36(29)39-3/h5-6,8-11,13-15,17-24,35,39,41H,7,12,16H2,1-4H3. The molecule has 0 radical (unpaired) electrons. The molecule has 0 aliphatic heterocycles. The molecular formula is C38H38N2O. The number of allylic oxidation sites excluding steroid dienone is 8. The smallest absolute Gasteiger partial charge is 0.0783 e. The van der Waals surface area contributed by atoms with Crippen LogP contribution in [0, 0.1) is 0 Å². The highest BCUT2D eigenvalue weighted by Gasteiger charge is 2.49. The SMILES string of the molecule is CNC1=C(c2ccc(C3=CC3(C3=CC=CCC3)c3ccc4c(c3)-c3ccccc3C4(C)C)cc2)C=CCC1N(C)O. The molecule has 2 unspecified atom stereocenters. The van der Waals surface area contributed by atoms with Crippen LogP contribution in [-0.4, -0.2) is 30.4 Å². The minimum absolute atomic E-state index is 0.0123. The quantitative estimate of drug-likeness (QED) is 0.311. The number of rotatable bonds is 6. The van der Waals surface area contributed by atoms with Gasteiger partial charge in [-0.25, -0.2) is 0 Å². The lowest BCUT2D eigenvalue weighted by Gasteiger charge is -2.29. The largest absolute Gasteiger partial charge is 0.390 e. The molecule has 2 atom stereocenters. The average Bonchev–Trinajstić information content (AvgIpc) is 3.73. The third-order valence-electron chi connectivity index (χ3n) is 9.76. The van der Waals surface area contributed by atoms with Crippen molar-refractivity contribution in [2.45, 2.75) is 50.0 Å². The van der Waals surface area contributed by atoms with E-state index in [9.17, 15) is 5.21 Å². The number of hydrogen-bond donors (Lipinski definition) is 2. The van der Waals surface area contributed by atoms with E-state index in [4.69, 9.17) is 0 Å². The zero-order valence-electron chi connectivity index (χ0n) is 24.4. The molecule has 4 aliphatic rings. The second-order valence-corrected chi connectivity index (χ2v) is 12.3. The lowest BCUT2D eigenvalue weighted by Crippen LogP contribution is -2.36. The van der Waals surface area contributed by atoms with Crippen LogP contribution in [0.25, 0.3) is 22.3 Å². The minimum Gasteiger partial charge on any atom is -0.390 e. The van der Waals surface area contributed by atoms with E-state index in [0.717, 1.165) is 36.1 Å². The fourth-order valence-electron chi connectivity index (χ4n) is 7.50. The first-order valence-electron chi connectivity index (χ1n) is 14.8. The molecule has 3 heteroatoms. The summed E-state index contributed by atoms with van der Waals surface area (Å²) >= 11 is 0. The van der Waals surface area contributed by atoms with Crippen molar-refractivity contribution in [2.24, 2.45) is 0 Å². The lowest BCUT2D eigenvalue weighted by molar-refractivity contribution is -0.0915. The van der Waals surface area contributed by atoms with Crippen LogP contribution in [0.5, 0.6) is 0 Å². The Kier molecular flexibility index (Phi) is 6.08. The highest BCUT2D eigenvalue weighted by Crippen LogP contribution is 2.60. The van der Waals surface area contributed by atoms with Crippen molar-refractivity contribution in [1.29, 1.82) is 0 Å². The number of fused-ring (bicyclic) bond motifs is 3. The van der Waals surface area contributed by atoms with Crippen LogP contribution in [0.1, 0.15) is 60.9 Å². The fraction of sp³-hybridized carbons (Fsp3) is 0.263. The third-order valence-corrected chi connectivity index (χ3v) is 9.76. The molecule has 0 bridgehead atoms. The van der Waals surface area contributed by atoms with Gasteiger partial charge in [0.25, 0.3) is 0 Å². The van der Waals surface area contributed by atoms with Crippen LogP contribution in [0.2, 0.25) is 0 Å². The van der Waals surface area contributed by atoms with Crippen LogP contribution in [0.4, 0.5) is 0 Å². The summed E-state index contributed by atoms with van der Waals surface area (Å²) in [5.41, 5.74) is 14.3. The van der Waals surface area contributed by atoms with Gasteiger partial charge in [-0.05, 0) is 69.8 Å². The van der Waals surface area contributed by atoms with E-state index >= 15 is 0 Å². The van der Waals surface area contributed by atoms with E-state index in [1.54, 1.807) is 7.05 Å². The topological polar surface area (TPSA) is 35.5 Å². The monoisotopic (exact) mass is 538 g/mol. The normalized spacial score (nSPS) is 23.7. The van der Waals surface area contributed by atoms with E-state index in [1.165, 1.54) is 49.6 Å². The van der Waals surface area contributed by atoms with Crippen molar-refractivity contribution in [2.75, 3.05) is 14.1 Å². The zero-order valence-corrected chi connectivity index (χ0v) is 24.4. The molecule has 0 spiro atoms. The Labute approximate surface area is 243 Å². The van der Waals surface area contributed by atoms with E-state index in [2.05, 4.69) is 122 Å². The Morgan fingerprint density at radius 1 is 0.902 bits per heavy atom. The second kappa shape index (κ2) is 9.58. The van der Waals surface area contributed by atoms with Crippen LogP contribution >= 0.6 is 0 Å². The molecule has 0 fully saturated rings. The minimum atomic E-state index is -0.159. The van der Waals surface area contributed by atoms with Gasteiger partial charge in [0.2, 0.25) is 0 Å². The molecule has 3 aromatic rings. The number of hydrogen-bond acceptors (Lipinski definition) is 3. The van der Waals surface area contributed by atoms with Gasteiger partial charge in [-0.2, -0.15) is 5.06 Å². The van der Waals surface area contributed by atoms with Crippen molar-refractivity contribution in [3.05, 3.63) is 142 Å². The highest BCUT2D eigenvalue weighted by molar-refractivity contribution is 5.97. The van der Waals surface area contributed by atoms with Crippen LogP contribution in [0.3, 0.4) is 0 Å². The van der Waals surface area contributed by atoms with E-state index in [-0.39, 0.29) is 16.9 Å². The summed E-state index contributed by atoms with van der Waals surface area (Å²) in [5.74, 6) is 0. The second-order valence-electron chi connectivity index (χ2n) is 12.3. The Bertz CT molecular complexity index is 1700. The Balaban J connectivity index is 1.28. The first kappa shape index (κ1) is 26.0. The summed E-state index contributed by atoms with van der Waals surface area (Å²) in [5, 5.41) is 14.9. The highest BCUT2D eigenvalue weighted by atomic mass is 16.5. The molecule has 7 rings (SSSR count). The molecule has 0 saturated carbocycles. The molecule has 206 valence electrons. The first-order valence-corrected chi connectivity index (χ1v) is 14.8. The third kappa shape index (κ3) is 3.94. The number of nitrogens with one attached hydrogen (secondary N) is 1. The predicted molar refractivity (Wildman–Crippen MR) is 170 cm³/mol. The van der Waals surface area contributed by atoms with Gasteiger partial charge in [-0.15, -0.1) is 0 Å². The Morgan fingerprint density at radius 2 is 1.66 bits per heavy atom. The summed E-state index contributed by atoms with van der Waals surface area (Å²) < 4.78 is 0. The average molecular weight is 539 g/mol. The summed E-state index contributed by atoms with van der Waals surface area (Å²) in [4.78, 5) is 0. The number of hydroxylamine groups is 2. The lowest BCUT2D eigenvalue weighted by atomic mass is 9.76.